The molecule has 0 aromatic carbocycles. The Balaban J connectivity index is 2.72. The fourth-order valence-electron chi connectivity index (χ4n) is 2.01. The van der Waals surface area contributed by atoms with Crippen LogP contribution in [0.3, 0.4) is 0 Å². The summed E-state index contributed by atoms with van der Waals surface area (Å²) in [4.78, 5) is 11.3. The van der Waals surface area contributed by atoms with Gasteiger partial charge in [0.2, 0.25) is 0 Å². The molecule has 1 rings (SSSR count). The second-order valence-corrected chi connectivity index (χ2v) is 5.50. The minimum absolute atomic E-state index is 0.00741. The molecule has 1 N–H and O–H groups in total. The van der Waals surface area contributed by atoms with Crippen LogP contribution in [-0.2, 0) is 4.79 Å². The van der Waals surface area contributed by atoms with Crippen LogP contribution in [0.2, 0.25) is 0 Å². The number of ketones is 1. The molecule has 0 saturated heterocycles. The zero-order chi connectivity index (χ0) is 10.3. The fourth-order valence-corrected chi connectivity index (χ4v) is 2.01. The Morgan fingerprint density at radius 2 is 2.00 bits per heavy atom. The van der Waals surface area contributed by atoms with Crippen LogP contribution in [-0.4, -0.2) is 16.5 Å². The highest BCUT2D eigenvalue weighted by atomic mass is 16.3. The van der Waals surface area contributed by atoms with Gasteiger partial charge >= 0.3 is 0 Å². The first-order valence-corrected chi connectivity index (χ1v) is 4.99. The zero-order valence-corrected chi connectivity index (χ0v) is 9.05. The summed E-state index contributed by atoms with van der Waals surface area (Å²) in [5, 5.41) is 9.83. The van der Waals surface area contributed by atoms with Gasteiger partial charge in [0, 0.05) is 6.42 Å². The number of rotatable bonds is 0. The third-order valence-corrected chi connectivity index (χ3v) is 3.19. The van der Waals surface area contributed by atoms with Gasteiger partial charge < -0.3 is 5.11 Å². The molecule has 76 valence electrons. The Bertz CT molecular complexity index is 211. The predicted molar refractivity (Wildman–Crippen MR) is 52.4 cm³/mol. The molecule has 2 nitrogen and oxygen atoms in total. The summed E-state index contributed by atoms with van der Waals surface area (Å²) in [5.41, 5.74) is -0.874. The second kappa shape index (κ2) is 3.09. The van der Waals surface area contributed by atoms with E-state index in [0.29, 0.717) is 18.8 Å². The highest BCUT2D eigenvalue weighted by Crippen LogP contribution is 2.40. The van der Waals surface area contributed by atoms with Crippen molar-refractivity contribution in [1.29, 1.82) is 0 Å². The molecule has 0 bridgehead atoms. The van der Waals surface area contributed by atoms with Crippen molar-refractivity contribution >= 4 is 5.78 Å². The molecule has 0 amide bonds. The standard InChI is InChI=1S/C11H20O2/c1-10(2,3)8-5-6-9(12)11(4,13)7-8/h8,13H,5-7H2,1-4H3/t8?,11-/m1/s1. The summed E-state index contributed by atoms with van der Waals surface area (Å²) in [7, 11) is 0. The van der Waals surface area contributed by atoms with E-state index in [9.17, 15) is 9.90 Å². The molecule has 1 aliphatic carbocycles. The number of carbonyl (C=O) groups excluding carboxylic acids is 1. The molecule has 13 heavy (non-hydrogen) atoms. The van der Waals surface area contributed by atoms with Crippen molar-refractivity contribution < 1.29 is 9.90 Å². The van der Waals surface area contributed by atoms with Crippen LogP contribution in [0, 0.1) is 11.3 Å². The quantitative estimate of drug-likeness (QED) is 0.626. The topological polar surface area (TPSA) is 37.3 Å². The van der Waals surface area contributed by atoms with Crippen LogP contribution in [0.5, 0.6) is 0 Å². The van der Waals surface area contributed by atoms with Gasteiger partial charge in [-0.15, -0.1) is 0 Å². The van der Waals surface area contributed by atoms with Gasteiger partial charge in [0.15, 0.2) is 5.78 Å². The average molecular weight is 184 g/mol. The summed E-state index contributed by atoms with van der Waals surface area (Å²) in [6, 6.07) is 0. The van der Waals surface area contributed by atoms with Crippen LogP contribution < -0.4 is 0 Å². The first kappa shape index (κ1) is 10.7. The van der Waals surface area contributed by atoms with Gasteiger partial charge in [-0.2, -0.15) is 0 Å². The number of aliphatic hydroxyl groups is 1. The Morgan fingerprint density at radius 3 is 2.38 bits per heavy atom. The van der Waals surface area contributed by atoms with E-state index in [1.807, 2.05) is 0 Å². The molecule has 1 saturated carbocycles. The van der Waals surface area contributed by atoms with E-state index in [4.69, 9.17) is 0 Å². The van der Waals surface area contributed by atoms with Crippen LogP contribution in [0.1, 0.15) is 47.0 Å². The van der Waals surface area contributed by atoms with E-state index in [-0.39, 0.29) is 11.2 Å². The molecule has 2 atom stereocenters. The molecular weight excluding hydrogens is 164 g/mol. The SMILES string of the molecule is CC(C)(C)C1CCC(=O)[C@](C)(O)C1. The maximum absolute atomic E-state index is 11.3. The predicted octanol–water partition coefficient (Wildman–Crippen LogP) is 2.15. The molecule has 2 heteroatoms. The monoisotopic (exact) mass is 184 g/mol. The third-order valence-electron chi connectivity index (χ3n) is 3.19. The summed E-state index contributed by atoms with van der Waals surface area (Å²) in [6.45, 7) is 8.16. The van der Waals surface area contributed by atoms with Crippen molar-refractivity contribution in [2.45, 2.75) is 52.6 Å². The van der Waals surface area contributed by atoms with Crippen LogP contribution in [0.15, 0.2) is 0 Å². The number of hydrogen-bond donors (Lipinski definition) is 1. The van der Waals surface area contributed by atoms with Crippen molar-refractivity contribution in [3.8, 4) is 0 Å². The van der Waals surface area contributed by atoms with Crippen molar-refractivity contribution in [2.75, 3.05) is 0 Å². The molecule has 0 radical (unpaired) electrons. The van der Waals surface area contributed by atoms with Gasteiger partial charge in [0.05, 0.1) is 0 Å². The molecular formula is C11H20O2. The van der Waals surface area contributed by atoms with E-state index in [1.54, 1.807) is 6.92 Å². The molecule has 1 fully saturated rings. The Morgan fingerprint density at radius 1 is 1.46 bits per heavy atom. The largest absolute Gasteiger partial charge is 0.382 e. The highest BCUT2D eigenvalue weighted by Gasteiger charge is 2.41. The lowest BCUT2D eigenvalue weighted by atomic mass is 9.67. The van der Waals surface area contributed by atoms with E-state index >= 15 is 0 Å². The molecule has 0 heterocycles. The molecule has 1 aliphatic rings. The second-order valence-electron chi connectivity index (χ2n) is 5.50. The Hall–Kier alpha value is -0.370. The summed E-state index contributed by atoms with van der Waals surface area (Å²) >= 11 is 0. The minimum atomic E-state index is -1.07. The lowest BCUT2D eigenvalue weighted by Crippen LogP contribution is -2.44. The van der Waals surface area contributed by atoms with Crippen molar-refractivity contribution in [2.24, 2.45) is 11.3 Å². The molecule has 0 aromatic heterocycles. The first-order valence-electron chi connectivity index (χ1n) is 4.99. The number of Topliss-reactive ketones (excluding diaryl/α,β-unsaturated/α-hetero) is 1. The van der Waals surface area contributed by atoms with Gasteiger partial charge in [-0.05, 0) is 31.1 Å². The van der Waals surface area contributed by atoms with Crippen LogP contribution >= 0.6 is 0 Å². The van der Waals surface area contributed by atoms with E-state index < -0.39 is 5.60 Å². The first-order chi connectivity index (χ1) is 5.73. The third kappa shape index (κ3) is 2.31. The average Bonchev–Trinajstić information content (AvgIpc) is 1.92. The lowest BCUT2D eigenvalue weighted by Gasteiger charge is -2.39. The van der Waals surface area contributed by atoms with Crippen LogP contribution in [0.25, 0.3) is 0 Å². The Kier molecular flexibility index (Phi) is 2.54. The van der Waals surface area contributed by atoms with Gasteiger partial charge in [-0.25, -0.2) is 0 Å². The van der Waals surface area contributed by atoms with Gasteiger partial charge in [-0.3, -0.25) is 4.79 Å². The molecule has 0 aromatic rings. The normalized spacial score (nSPS) is 36.4. The van der Waals surface area contributed by atoms with Gasteiger partial charge in [0.1, 0.15) is 5.60 Å². The van der Waals surface area contributed by atoms with E-state index in [1.165, 1.54) is 0 Å². The molecule has 0 spiro atoms. The summed E-state index contributed by atoms with van der Waals surface area (Å²) in [6.07, 6.45) is 2.09. The summed E-state index contributed by atoms with van der Waals surface area (Å²) < 4.78 is 0. The zero-order valence-electron chi connectivity index (χ0n) is 9.05. The van der Waals surface area contributed by atoms with Crippen molar-refractivity contribution in [1.82, 2.24) is 0 Å². The highest BCUT2D eigenvalue weighted by molar-refractivity contribution is 5.87. The smallest absolute Gasteiger partial charge is 0.164 e. The fraction of sp³-hybridized carbons (Fsp3) is 0.909. The van der Waals surface area contributed by atoms with Crippen molar-refractivity contribution in [3.63, 3.8) is 0 Å². The Labute approximate surface area is 80.3 Å². The maximum Gasteiger partial charge on any atom is 0.164 e. The number of carbonyl (C=O) groups is 1. The van der Waals surface area contributed by atoms with Gasteiger partial charge in [0.25, 0.3) is 0 Å². The number of hydrogen-bond acceptors (Lipinski definition) is 2. The van der Waals surface area contributed by atoms with E-state index in [2.05, 4.69) is 20.8 Å². The van der Waals surface area contributed by atoms with Crippen molar-refractivity contribution in [3.05, 3.63) is 0 Å². The van der Waals surface area contributed by atoms with Crippen LogP contribution in [0.4, 0.5) is 0 Å². The lowest BCUT2D eigenvalue weighted by molar-refractivity contribution is -0.143. The molecule has 1 unspecified atom stereocenters. The molecule has 0 aliphatic heterocycles. The minimum Gasteiger partial charge on any atom is -0.382 e. The van der Waals surface area contributed by atoms with Gasteiger partial charge in [-0.1, -0.05) is 20.8 Å². The van der Waals surface area contributed by atoms with E-state index in [0.717, 1.165) is 6.42 Å². The maximum atomic E-state index is 11.3. The summed E-state index contributed by atoms with van der Waals surface area (Å²) in [5.74, 6) is 0.466.